The molecule has 0 aliphatic carbocycles. The van der Waals surface area contributed by atoms with Gasteiger partial charge in [0.25, 0.3) is 0 Å². The van der Waals surface area contributed by atoms with E-state index in [4.69, 9.17) is 4.99 Å². The van der Waals surface area contributed by atoms with Crippen molar-refractivity contribution in [3.05, 3.63) is 29.8 Å². The predicted molar refractivity (Wildman–Crippen MR) is 67.3 cm³/mol. The van der Waals surface area contributed by atoms with Gasteiger partial charge >= 0.3 is 0 Å². The number of nitrogens with zero attached hydrogens (tertiary/aromatic N) is 2. The SMILES string of the molecule is c1ccc2c(c1)CCC(N1CCCCC1)=N2. The molecule has 16 heavy (non-hydrogen) atoms. The molecule has 3 rings (SSSR count). The molecule has 1 saturated heterocycles. The first-order valence-electron chi connectivity index (χ1n) is 6.34. The van der Waals surface area contributed by atoms with Crippen molar-refractivity contribution in [1.29, 1.82) is 0 Å². The summed E-state index contributed by atoms with van der Waals surface area (Å²) in [4.78, 5) is 7.30. The smallest absolute Gasteiger partial charge is 0.105 e. The highest BCUT2D eigenvalue weighted by atomic mass is 15.2. The maximum absolute atomic E-state index is 4.81. The van der Waals surface area contributed by atoms with Gasteiger partial charge in [-0.2, -0.15) is 0 Å². The minimum atomic E-state index is 1.12. The Bertz CT molecular complexity index is 403. The highest BCUT2D eigenvalue weighted by Crippen LogP contribution is 2.27. The van der Waals surface area contributed by atoms with Gasteiger partial charge in [0.2, 0.25) is 0 Å². The van der Waals surface area contributed by atoms with E-state index in [0.717, 1.165) is 12.8 Å². The van der Waals surface area contributed by atoms with E-state index in [1.165, 1.54) is 49.4 Å². The van der Waals surface area contributed by atoms with Gasteiger partial charge in [0.1, 0.15) is 5.84 Å². The molecule has 0 N–H and O–H groups in total. The zero-order chi connectivity index (χ0) is 10.8. The Balaban J connectivity index is 1.85. The second-order valence-corrected chi connectivity index (χ2v) is 4.70. The number of benzene rings is 1. The van der Waals surface area contributed by atoms with E-state index in [-0.39, 0.29) is 0 Å². The molecule has 2 aliphatic rings. The summed E-state index contributed by atoms with van der Waals surface area (Å²) in [5, 5.41) is 0. The van der Waals surface area contributed by atoms with Gasteiger partial charge in [0, 0.05) is 19.5 Å². The molecule has 1 aromatic carbocycles. The lowest BCUT2D eigenvalue weighted by Gasteiger charge is -2.31. The van der Waals surface area contributed by atoms with E-state index in [1.807, 2.05) is 0 Å². The van der Waals surface area contributed by atoms with Crippen LogP contribution in [0.25, 0.3) is 0 Å². The second-order valence-electron chi connectivity index (χ2n) is 4.70. The summed E-state index contributed by atoms with van der Waals surface area (Å²) < 4.78 is 0. The Morgan fingerprint density at radius 3 is 2.62 bits per heavy atom. The van der Waals surface area contributed by atoms with Crippen LogP contribution < -0.4 is 0 Å². The molecule has 2 nitrogen and oxygen atoms in total. The maximum atomic E-state index is 4.81. The Labute approximate surface area is 97.0 Å². The van der Waals surface area contributed by atoms with E-state index < -0.39 is 0 Å². The molecule has 0 atom stereocenters. The first kappa shape index (κ1) is 9.88. The summed E-state index contributed by atoms with van der Waals surface area (Å²) in [7, 11) is 0. The number of hydrogen-bond donors (Lipinski definition) is 0. The van der Waals surface area contributed by atoms with Crippen LogP contribution in [-0.2, 0) is 6.42 Å². The molecule has 0 spiro atoms. The third-order valence-electron chi connectivity index (χ3n) is 3.58. The summed E-state index contributed by atoms with van der Waals surface area (Å²) in [6.45, 7) is 2.42. The number of hydrogen-bond acceptors (Lipinski definition) is 2. The lowest BCUT2D eigenvalue weighted by atomic mass is 10.0. The van der Waals surface area contributed by atoms with Crippen molar-refractivity contribution in [3.8, 4) is 0 Å². The Morgan fingerprint density at radius 2 is 1.75 bits per heavy atom. The van der Waals surface area contributed by atoms with Gasteiger partial charge in [-0.15, -0.1) is 0 Å². The normalized spacial score (nSPS) is 20.2. The molecule has 0 radical (unpaired) electrons. The number of aryl methyl sites for hydroxylation is 1. The van der Waals surface area contributed by atoms with Gasteiger partial charge in [0.15, 0.2) is 0 Å². The zero-order valence-electron chi connectivity index (χ0n) is 9.65. The fourth-order valence-electron chi connectivity index (χ4n) is 2.65. The van der Waals surface area contributed by atoms with E-state index >= 15 is 0 Å². The Hall–Kier alpha value is -1.31. The van der Waals surface area contributed by atoms with Crippen LogP contribution in [-0.4, -0.2) is 23.8 Å². The monoisotopic (exact) mass is 214 g/mol. The molecular weight excluding hydrogens is 196 g/mol. The van der Waals surface area contributed by atoms with E-state index in [0.29, 0.717) is 0 Å². The Morgan fingerprint density at radius 1 is 0.938 bits per heavy atom. The molecule has 2 aliphatic heterocycles. The van der Waals surface area contributed by atoms with Crippen LogP contribution in [0, 0.1) is 0 Å². The first-order chi connectivity index (χ1) is 7.93. The molecule has 0 saturated carbocycles. The van der Waals surface area contributed by atoms with Crippen molar-refractivity contribution in [3.63, 3.8) is 0 Å². The third kappa shape index (κ3) is 1.84. The van der Waals surface area contributed by atoms with Crippen LogP contribution in [0.3, 0.4) is 0 Å². The third-order valence-corrected chi connectivity index (χ3v) is 3.58. The van der Waals surface area contributed by atoms with Gasteiger partial charge < -0.3 is 4.90 Å². The van der Waals surface area contributed by atoms with Crippen molar-refractivity contribution in [2.75, 3.05) is 13.1 Å². The predicted octanol–water partition coefficient (Wildman–Crippen LogP) is 3.15. The minimum Gasteiger partial charge on any atom is -0.360 e. The van der Waals surface area contributed by atoms with Crippen LogP contribution >= 0.6 is 0 Å². The first-order valence-corrected chi connectivity index (χ1v) is 6.34. The number of para-hydroxylation sites is 1. The highest BCUT2D eigenvalue weighted by molar-refractivity contribution is 5.87. The van der Waals surface area contributed by atoms with Crippen molar-refractivity contribution >= 4 is 11.5 Å². The van der Waals surface area contributed by atoms with Crippen molar-refractivity contribution in [2.24, 2.45) is 4.99 Å². The van der Waals surface area contributed by atoms with Crippen molar-refractivity contribution in [1.82, 2.24) is 4.90 Å². The number of fused-ring (bicyclic) bond motifs is 1. The lowest BCUT2D eigenvalue weighted by molar-refractivity contribution is 0.336. The van der Waals surface area contributed by atoms with Crippen molar-refractivity contribution in [2.45, 2.75) is 32.1 Å². The molecule has 1 aromatic rings. The largest absolute Gasteiger partial charge is 0.360 e. The molecular formula is C14H18N2. The number of amidine groups is 1. The van der Waals surface area contributed by atoms with E-state index in [1.54, 1.807) is 0 Å². The number of aliphatic imine (C=N–C) groups is 1. The van der Waals surface area contributed by atoms with Crippen LogP contribution in [0.2, 0.25) is 0 Å². The van der Waals surface area contributed by atoms with Gasteiger partial charge in [-0.3, -0.25) is 0 Å². The molecule has 1 fully saturated rings. The second kappa shape index (κ2) is 4.28. The number of likely N-dealkylation sites (tertiary alicyclic amines) is 1. The molecule has 0 bridgehead atoms. The summed E-state index contributed by atoms with van der Waals surface area (Å²) >= 11 is 0. The van der Waals surface area contributed by atoms with Crippen LogP contribution in [0.4, 0.5) is 5.69 Å². The molecule has 2 heterocycles. The zero-order valence-corrected chi connectivity index (χ0v) is 9.65. The minimum absolute atomic E-state index is 1.12. The van der Waals surface area contributed by atoms with Gasteiger partial charge in [-0.25, -0.2) is 4.99 Å². The highest BCUT2D eigenvalue weighted by Gasteiger charge is 2.18. The average Bonchev–Trinajstić information content (AvgIpc) is 2.39. The molecule has 0 unspecified atom stereocenters. The quantitative estimate of drug-likeness (QED) is 0.647. The number of piperidine rings is 1. The van der Waals surface area contributed by atoms with E-state index in [9.17, 15) is 0 Å². The van der Waals surface area contributed by atoms with Gasteiger partial charge in [0.05, 0.1) is 5.69 Å². The number of rotatable bonds is 0. The topological polar surface area (TPSA) is 15.6 Å². The summed E-state index contributed by atoms with van der Waals surface area (Å²) in [6, 6.07) is 8.53. The van der Waals surface area contributed by atoms with E-state index in [2.05, 4.69) is 29.2 Å². The summed E-state index contributed by atoms with van der Waals surface area (Å²) in [5.41, 5.74) is 2.59. The van der Waals surface area contributed by atoms with Gasteiger partial charge in [-0.1, -0.05) is 18.2 Å². The van der Waals surface area contributed by atoms with Crippen LogP contribution in [0.1, 0.15) is 31.2 Å². The lowest BCUT2D eigenvalue weighted by Crippen LogP contribution is -2.36. The molecule has 84 valence electrons. The average molecular weight is 214 g/mol. The molecule has 0 amide bonds. The van der Waals surface area contributed by atoms with Gasteiger partial charge in [-0.05, 0) is 37.3 Å². The molecule has 2 heteroatoms. The summed E-state index contributed by atoms with van der Waals surface area (Å²) in [6.07, 6.45) is 6.34. The van der Waals surface area contributed by atoms with Crippen molar-refractivity contribution < 1.29 is 0 Å². The fourth-order valence-corrected chi connectivity index (χ4v) is 2.65. The fraction of sp³-hybridized carbons (Fsp3) is 0.500. The Kier molecular flexibility index (Phi) is 2.65. The standard InChI is InChI=1S/C14H18N2/c1-4-10-16(11-5-1)14-9-8-12-6-2-3-7-13(12)15-14/h2-3,6-7H,1,4-5,8-11H2. The van der Waals surface area contributed by atoms with Crippen LogP contribution in [0.5, 0.6) is 0 Å². The maximum Gasteiger partial charge on any atom is 0.105 e. The van der Waals surface area contributed by atoms with Crippen LogP contribution in [0.15, 0.2) is 29.3 Å². The summed E-state index contributed by atoms with van der Waals surface area (Å²) in [5.74, 6) is 1.32. The molecule has 0 aromatic heterocycles.